The second kappa shape index (κ2) is 4.71. The Kier molecular flexibility index (Phi) is 3.06. The molecular formula is C14H19N3O. The first-order valence-corrected chi connectivity index (χ1v) is 6.57. The van der Waals surface area contributed by atoms with Crippen LogP contribution in [-0.2, 0) is 4.74 Å². The van der Waals surface area contributed by atoms with Crippen LogP contribution in [0.25, 0.3) is 11.0 Å². The third-order valence-corrected chi connectivity index (χ3v) is 3.59. The number of hydrogen-bond acceptors (Lipinski definition) is 3. The quantitative estimate of drug-likeness (QED) is 0.884. The van der Waals surface area contributed by atoms with Crippen LogP contribution in [0.15, 0.2) is 24.3 Å². The molecule has 0 aliphatic carbocycles. The lowest BCUT2D eigenvalue weighted by atomic mass is 10.1. The topological polar surface area (TPSA) is 53.1 Å². The van der Waals surface area contributed by atoms with Gasteiger partial charge in [0.1, 0.15) is 5.82 Å². The maximum absolute atomic E-state index is 6.07. The van der Waals surface area contributed by atoms with Crippen molar-refractivity contribution in [2.75, 3.05) is 13.2 Å². The predicted octanol–water partition coefficient (Wildman–Crippen LogP) is 2.41. The van der Waals surface area contributed by atoms with Gasteiger partial charge in [0.15, 0.2) is 0 Å². The molecule has 96 valence electrons. The number of para-hydroxylation sites is 2. The number of nitrogens with two attached hydrogens (primary N) is 1. The number of benzene rings is 1. The first kappa shape index (κ1) is 11.7. The highest BCUT2D eigenvalue weighted by molar-refractivity contribution is 5.76. The second-order valence-corrected chi connectivity index (χ2v) is 4.96. The summed E-state index contributed by atoms with van der Waals surface area (Å²) in [6, 6.07) is 8.69. The van der Waals surface area contributed by atoms with E-state index in [1.165, 1.54) is 5.52 Å². The molecule has 3 rings (SSSR count). The van der Waals surface area contributed by atoms with E-state index < -0.39 is 0 Å². The Balaban J connectivity index is 2.14. The monoisotopic (exact) mass is 245 g/mol. The highest BCUT2D eigenvalue weighted by atomic mass is 16.5. The standard InChI is InChI=1S/C14H19N3O/c1-10(15)14-16-12-4-2-3-5-13(12)17(14)11-6-8-18-9-7-11/h2-5,10-11H,6-9,15H2,1H3. The smallest absolute Gasteiger partial charge is 0.126 e. The van der Waals surface area contributed by atoms with Gasteiger partial charge in [-0.25, -0.2) is 4.98 Å². The van der Waals surface area contributed by atoms with Gasteiger partial charge >= 0.3 is 0 Å². The molecule has 0 saturated carbocycles. The van der Waals surface area contributed by atoms with E-state index >= 15 is 0 Å². The summed E-state index contributed by atoms with van der Waals surface area (Å²) < 4.78 is 7.77. The van der Waals surface area contributed by atoms with Crippen molar-refractivity contribution < 1.29 is 4.74 Å². The van der Waals surface area contributed by atoms with Gasteiger partial charge in [0.2, 0.25) is 0 Å². The van der Waals surface area contributed by atoms with Crippen LogP contribution in [0.3, 0.4) is 0 Å². The largest absolute Gasteiger partial charge is 0.381 e. The molecule has 0 radical (unpaired) electrons. The van der Waals surface area contributed by atoms with Crippen molar-refractivity contribution in [2.24, 2.45) is 5.73 Å². The number of aromatic nitrogens is 2. The van der Waals surface area contributed by atoms with Crippen molar-refractivity contribution in [2.45, 2.75) is 31.8 Å². The Morgan fingerprint density at radius 3 is 2.78 bits per heavy atom. The van der Waals surface area contributed by atoms with Gasteiger partial charge in [0, 0.05) is 19.3 Å². The molecule has 4 heteroatoms. The maximum Gasteiger partial charge on any atom is 0.126 e. The van der Waals surface area contributed by atoms with E-state index in [0.29, 0.717) is 6.04 Å². The average Bonchev–Trinajstić information content (AvgIpc) is 2.79. The maximum atomic E-state index is 6.07. The van der Waals surface area contributed by atoms with E-state index in [0.717, 1.165) is 37.4 Å². The number of fused-ring (bicyclic) bond motifs is 1. The van der Waals surface area contributed by atoms with Gasteiger partial charge in [-0.15, -0.1) is 0 Å². The molecule has 0 bridgehead atoms. The van der Waals surface area contributed by atoms with Crippen molar-refractivity contribution in [1.82, 2.24) is 9.55 Å². The van der Waals surface area contributed by atoms with E-state index in [4.69, 9.17) is 10.5 Å². The summed E-state index contributed by atoms with van der Waals surface area (Å²) in [5.41, 5.74) is 8.30. The minimum absolute atomic E-state index is 0.0414. The third kappa shape index (κ3) is 1.91. The molecule has 1 aromatic heterocycles. The lowest BCUT2D eigenvalue weighted by molar-refractivity contribution is 0.0696. The fraction of sp³-hybridized carbons (Fsp3) is 0.500. The van der Waals surface area contributed by atoms with Crippen LogP contribution in [-0.4, -0.2) is 22.8 Å². The molecule has 18 heavy (non-hydrogen) atoms. The molecular weight excluding hydrogens is 226 g/mol. The molecule has 1 atom stereocenters. The summed E-state index contributed by atoms with van der Waals surface area (Å²) >= 11 is 0. The zero-order valence-electron chi connectivity index (χ0n) is 10.7. The average molecular weight is 245 g/mol. The van der Waals surface area contributed by atoms with Gasteiger partial charge in [0.25, 0.3) is 0 Å². The van der Waals surface area contributed by atoms with Crippen molar-refractivity contribution in [1.29, 1.82) is 0 Å². The summed E-state index contributed by atoms with van der Waals surface area (Å²) in [6.07, 6.45) is 2.08. The molecule has 2 heterocycles. The second-order valence-electron chi connectivity index (χ2n) is 4.96. The zero-order chi connectivity index (χ0) is 12.5. The van der Waals surface area contributed by atoms with E-state index in [1.54, 1.807) is 0 Å². The first-order valence-electron chi connectivity index (χ1n) is 6.57. The lowest BCUT2D eigenvalue weighted by Crippen LogP contribution is -2.23. The SMILES string of the molecule is CC(N)c1nc2ccccc2n1C1CCOCC1. The minimum Gasteiger partial charge on any atom is -0.381 e. The molecule has 2 aromatic rings. The van der Waals surface area contributed by atoms with E-state index in [2.05, 4.69) is 27.8 Å². The Morgan fingerprint density at radius 2 is 2.06 bits per heavy atom. The molecule has 0 spiro atoms. The van der Waals surface area contributed by atoms with E-state index in [1.807, 2.05) is 13.0 Å². The fourth-order valence-corrected chi connectivity index (χ4v) is 2.71. The van der Waals surface area contributed by atoms with E-state index in [9.17, 15) is 0 Å². The van der Waals surface area contributed by atoms with Crippen molar-refractivity contribution >= 4 is 11.0 Å². The number of ether oxygens (including phenoxy) is 1. The Bertz CT molecular complexity index is 541. The lowest BCUT2D eigenvalue weighted by Gasteiger charge is -2.26. The summed E-state index contributed by atoms with van der Waals surface area (Å²) in [5, 5.41) is 0. The molecule has 1 saturated heterocycles. The molecule has 1 fully saturated rings. The zero-order valence-corrected chi connectivity index (χ0v) is 10.7. The van der Waals surface area contributed by atoms with Gasteiger partial charge in [-0.2, -0.15) is 0 Å². The molecule has 1 unspecified atom stereocenters. The molecule has 2 N–H and O–H groups in total. The molecule has 0 amide bonds. The molecule has 1 aliphatic heterocycles. The number of nitrogens with zero attached hydrogens (tertiary/aromatic N) is 2. The van der Waals surface area contributed by atoms with Crippen LogP contribution in [0.4, 0.5) is 0 Å². The first-order chi connectivity index (χ1) is 8.77. The normalized spacial score (nSPS) is 19.2. The van der Waals surface area contributed by atoms with Crippen molar-refractivity contribution in [3.8, 4) is 0 Å². The Morgan fingerprint density at radius 1 is 1.33 bits per heavy atom. The van der Waals surface area contributed by atoms with Crippen molar-refractivity contribution in [3.05, 3.63) is 30.1 Å². The van der Waals surface area contributed by atoms with Gasteiger partial charge in [-0.05, 0) is 31.9 Å². The van der Waals surface area contributed by atoms with Crippen LogP contribution in [0.2, 0.25) is 0 Å². The van der Waals surface area contributed by atoms with Crippen LogP contribution < -0.4 is 5.73 Å². The molecule has 4 nitrogen and oxygen atoms in total. The summed E-state index contributed by atoms with van der Waals surface area (Å²) in [4.78, 5) is 4.68. The van der Waals surface area contributed by atoms with Crippen LogP contribution in [0, 0.1) is 0 Å². The fourth-order valence-electron chi connectivity index (χ4n) is 2.71. The summed E-state index contributed by atoms with van der Waals surface area (Å²) in [5.74, 6) is 0.989. The number of hydrogen-bond donors (Lipinski definition) is 1. The molecule has 1 aromatic carbocycles. The van der Waals surface area contributed by atoms with Crippen LogP contribution in [0.1, 0.15) is 37.7 Å². The molecule has 1 aliphatic rings. The van der Waals surface area contributed by atoms with Gasteiger partial charge in [-0.3, -0.25) is 0 Å². The summed E-state index contributed by atoms with van der Waals surface area (Å²) in [6.45, 7) is 3.65. The van der Waals surface area contributed by atoms with E-state index in [-0.39, 0.29) is 6.04 Å². The number of rotatable bonds is 2. The Hall–Kier alpha value is -1.39. The number of imidazole rings is 1. The Labute approximate surface area is 107 Å². The predicted molar refractivity (Wildman–Crippen MR) is 71.4 cm³/mol. The highest BCUT2D eigenvalue weighted by Crippen LogP contribution is 2.29. The summed E-state index contributed by atoms with van der Waals surface area (Å²) in [7, 11) is 0. The van der Waals surface area contributed by atoms with Crippen LogP contribution >= 0.6 is 0 Å². The van der Waals surface area contributed by atoms with Gasteiger partial charge < -0.3 is 15.0 Å². The van der Waals surface area contributed by atoms with Crippen molar-refractivity contribution in [3.63, 3.8) is 0 Å². The van der Waals surface area contributed by atoms with Gasteiger partial charge in [-0.1, -0.05) is 12.1 Å². The van der Waals surface area contributed by atoms with Gasteiger partial charge in [0.05, 0.1) is 17.1 Å². The highest BCUT2D eigenvalue weighted by Gasteiger charge is 2.22. The minimum atomic E-state index is -0.0414. The van der Waals surface area contributed by atoms with Crippen LogP contribution in [0.5, 0.6) is 0 Å². The third-order valence-electron chi connectivity index (χ3n) is 3.59.